The highest BCUT2D eigenvalue weighted by Crippen LogP contribution is 2.31. The number of unbranched alkanes of at least 4 members (excludes halogenated alkanes) is 1. The fraction of sp³-hybridized carbons (Fsp3) is 0.500. The van der Waals surface area contributed by atoms with Gasteiger partial charge in [-0.05, 0) is 63.5 Å². The predicted molar refractivity (Wildman–Crippen MR) is 88.1 cm³/mol. The molecule has 0 amide bonds. The van der Waals surface area contributed by atoms with Crippen molar-refractivity contribution in [1.82, 2.24) is 9.47 Å². The molecule has 0 aliphatic carbocycles. The Labute approximate surface area is 142 Å². The van der Waals surface area contributed by atoms with Gasteiger partial charge in [-0.2, -0.15) is 13.2 Å². The Kier molecular flexibility index (Phi) is 5.13. The Morgan fingerprint density at radius 1 is 1.00 bits per heavy atom. The fourth-order valence-electron chi connectivity index (χ4n) is 3.44. The molecule has 0 radical (unpaired) electrons. The van der Waals surface area contributed by atoms with Gasteiger partial charge in [-0.3, -0.25) is 4.79 Å². The molecule has 0 saturated carbocycles. The SMILES string of the molecule is O=c1cc(C(F)(F)F)n(CCCCN2CCCC2)c2ccc(F)cc12. The summed E-state index contributed by atoms with van der Waals surface area (Å²) < 4.78 is 54.5. The quantitative estimate of drug-likeness (QED) is 0.597. The maximum absolute atomic E-state index is 13.4. The molecule has 0 unspecified atom stereocenters. The Morgan fingerprint density at radius 2 is 1.68 bits per heavy atom. The van der Waals surface area contributed by atoms with Crippen LogP contribution >= 0.6 is 0 Å². The van der Waals surface area contributed by atoms with Crippen molar-refractivity contribution in [3.63, 3.8) is 0 Å². The zero-order valence-electron chi connectivity index (χ0n) is 13.8. The summed E-state index contributed by atoms with van der Waals surface area (Å²) in [6, 6.07) is 3.91. The summed E-state index contributed by atoms with van der Waals surface area (Å²) in [4.78, 5) is 14.3. The number of halogens is 4. The first-order valence-corrected chi connectivity index (χ1v) is 8.49. The summed E-state index contributed by atoms with van der Waals surface area (Å²) in [6.45, 7) is 3.11. The Balaban J connectivity index is 1.87. The first kappa shape index (κ1) is 17.9. The molecule has 2 aromatic rings. The summed E-state index contributed by atoms with van der Waals surface area (Å²) in [5, 5.41) is -0.0208. The largest absolute Gasteiger partial charge is 0.431 e. The van der Waals surface area contributed by atoms with Gasteiger partial charge in [-0.15, -0.1) is 0 Å². The van der Waals surface area contributed by atoms with Crippen LogP contribution in [-0.2, 0) is 12.7 Å². The van der Waals surface area contributed by atoms with Crippen molar-refractivity contribution in [2.45, 2.75) is 38.4 Å². The van der Waals surface area contributed by atoms with Gasteiger partial charge in [-0.25, -0.2) is 4.39 Å². The molecule has 1 fully saturated rings. The minimum Gasteiger partial charge on any atom is -0.337 e. The monoisotopic (exact) mass is 356 g/mol. The number of likely N-dealkylation sites (tertiary alicyclic amines) is 1. The Bertz CT molecular complexity index is 807. The van der Waals surface area contributed by atoms with E-state index in [1.807, 2.05) is 0 Å². The first-order valence-electron chi connectivity index (χ1n) is 8.49. The van der Waals surface area contributed by atoms with Crippen molar-refractivity contribution >= 4 is 10.9 Å². The molecule has 0 spiro atoms. The molecule has 7 heteroatoms. The maximum atomic E-state index is 13.4. The van der Waals surface area contributed by atoms with Crippen molar-refractivity contribution in [2.24, 2.45) is 0 Å². The van der Waals surface area contributed by atoms with Gasteiger partial charge in [0, 0.05) is 18.0 Å². The molecule has 1 aliphatic rings. The normalized spacial score (nSPS) is 16.0. The van der Waals surface area contributed by atoms with Gasteiger partial charge in [0.05, 0.1) is 5.52 Å². The van der Waals surface area contributed by atoms with E-state index in [4.69, 9.17) is 0 Å². The Morgan fingerprint density at radius 3 is 2.36 bits per heavy atom. The van der Waals surface area contributed by atoms with Crippen molar-refractivity contribution in [2.75, 3.05) is 19.6 Å². The molecular weight excluding hydrogens is 336 g/mol. The lowest BCUT2D eigenvalue weighted by atomic mass is 10.1. The highest BCUT2D eigenvalue weighted by Gasteiger charge is 2.35. The second-order valence-electron chi connectivity index (χ2n) is 6.46. The molecule has 136 valence electrons. The van der Waals surface area contributed by atoms with Gasteiger partial charge in [0.2, 0.25) is 0 Å². The van der Waals surface area contributed by atoms with Crippen LogP contribution < -0.4 is 5.43 Å². The number of benzene rings is 1. The maximum Gasteiger partial charge on any atom is 0.431 e. The van der Waals surface area contributed by atoms with Crippen molar-refractivity contribution in [1.29, 1.82) is 0 Å². The summed E-state index contributed by atoms with van der Waals surface area (Å²) in [5.41, 5.74) is -1.66. The van der Waals surface area contributed by atoms with E-state index in [1.165, 1.54) is 18.9 Å². The van der Waals surface area contributed by atoms with E-state index >= 15 is 0 Å². The number of alkyl halides is 3. The van der Waals surface area contributed by atoms with E-state index in [2.05, 4.69) is 4.90 Å². The third-order valence-electron chi connectivity index (χ3n) is 4.67. The number of pyridine rings is 1. The van der Waals surface area contributed by atoms with Crippen molar-refractivity contribution in [3.05, 3.63) is 46.0 Å². The molecule has 3 nitrogen and oxygen atoms in total. The zero-order chi connectivity index (χ0) is 18.0. The molecule has 1 aliphatic heterocycles. The van der Waals surface area contributed by atoms with Crippen LogP contribution in [0.3, 0.4) is 0 Å². The molecule has 1 aromatic heterocycles. The molecule has 2 heterocycles. The number of rotatable bonds is 5. The molecule has 3 rings (SSSR count). The molecular formula is C18H20F4N2O. The van der Waals surface area contributed by atoms with Crippen molar-refractivity contribution < 1.29 is 17.6 Å². The third-order valence-corrected chi connectivity index (χ3v) is 4.67. The summed E-state index contributed by atoms with van der Waals surface area (Å²) >= 11 is 0. The van der Waals surface area contributed by atoms with E-state index in [0.29, 0.717) is 12.5 Å². The van der Waals surface area contributed by atoms with Crippen LogP contribution in [0.25, 0.3) is 10.9 Å². The van der Waals surface area contributed by atoms with Gasteiger partial charge in [0.1, 0.15) is 11.5 Å². The molecule has 0 N–H and O–H groups in total. The lowest BCUT2D eigenvalue weighted by Crippen LogP contribution is -2.23. The topological polar surface area (TPSA) is 25.2 Å². The van der Waals surface area contributed by atoms with Gasteiger partial charge in [0.15, 0.2) is 5.43 Å². The van der Waals surface area contributed by atoms with Crippen LogP contribution in [0, 0.1) is 5.82 Å². The number of nitrogens with zero attached hydrogens (tertiary/aromatic N) is 2. The second kappa shape index (κ2) is 7.15. The number of fused-ring (bicyclic) bond motifs is 1. The predicted octanol–water partition coefficient (Wildman–Crippen LogP) is 4.04. The number of aryl methyl sites for hydroxylation is 1. The van der Waals surface area contributed by atoms with E-state index in [9.17, 15) is 22.4 Å². The molecule has 0 atom stereocenters. The minimum atomic E-state index is -4.63. The van der Waals surface area contributed by atoms with Crippen LogP contribution in [0.4, 0.5) is 17.6 Å². The van der Waals surface area contributed by atoms with Gasteiger partial charge in [-0.1, -0.05) is 0 Å². The number of hydrogen-bond acceptors (Lipinski definition) is 2. The second-order valence-corrected chi connectivity index (χ2v) is 6.46. The first-order chi connectivity index (χ1) is 11.9. The van der Waals surface area contributed by atoms with Gasteiger partial charge in [0.25, 0.3) is 0 Å². The van der Waals surface area contributed by atoms with Gasteiger partial charge >= 0.3 is 6.18 Å². The lowest BCUT2D eigenvalue weighted by Gasteiger charge is -2.19. The molecule has 0 bridgehead atoms. The molecule has 1 aromatic carbocycles. The smallest absolute Gasteiger partial charge is 0.337 e. The van der Waals surface area contributed by atoms with E-state index in [0.717, 1.165) is 42.8 Å². The minimum absolute atomic E-state index is 0.0208. The number of hydrogen-bond donors (Lipinski definition) is 0. The van der Waals surface area contributed by atoms with E-state index in [1.54, 1.807) is 0 Å². The zero-order valence-corrected chi connectivity index (χ0v) is 13.8. The van der Waals surface area contributed by atoms with Crippen LogP contribution in [0.2, 0.25) is 0 Å². The standard InChI is InChI=1S/C18H20F4N2O/c19-13-5-6-15-14(11-13)16(25)12-17(18(20,21)22)24(15)10-4-3-9-23-7-1-2-8-23/h5-6,11-12H,1-4,7-10H2. The molecule has 25 heavy (non-hydrogen) atoms. The highest BCUT2D eigenvalue weighted by molar-refractivity contribution is 5.79. The fourth-order valence-corrected chi connectivity index (χ4v) is 3.44. The summed E-state index contributed by atoms with van der Waals surface area (Å²) in [5.74, 6) is -0.634. The third kappa shape index (κ3) is 4.03. The highest BCUT2D eigenvalue weighted by atomic mass is 19.4. The van der Waals surface area contributed by atoms with Crippen LogP contribution in [0.1, 0.15) is 31.4 Å². The summed E-state index contributed by atoms with van der Waals surface area (Å²) in [7, 11) is 0. The molecule has 1 saturated heterocycles. The Hall–Kier alpha value is -1.89. The van der Waals surface area contributed by atoms with Crippen LogP contribution in [0.5, 0.6) is 0 Å². The van der Waals surface area contributed by atoms with E-state index in [-0.39, 0.29) is 17.4 Å². The average Bonchev–Trinajstić information content (AvgIpc) is 3.05. The van der Waals surface area contributed by atoms with Crippen LogP contribution in [-0.4, -0.2) is 29.1 Å². The lowest BCUT2D eigenvalue weighted by molar-refractivity contribution is -0.143. The van der Waals surface area contributed by atoms with Crippen molar-refractivity contribution in [3.8, 4) is 0 Å². The number of aromatic nitrogens is 1. The summed E-state index contributed by atoms with van der Waals surface area (Å²) in [6.07, 6.45) is -0.931. The average molecular weight is 356 g/mol. The van der Waals surface area contributed by atoms with Crippen LogP contribution in [0.15, 0.2) is 29.1 Å². The van der Waals surface area contributed by atoms with E-state index < -0.39 is 23.1 Å². The van der Waals surface area contributed by atoms with Gasteiger partial charge < -0.3 is 9.47 Å².